The molecule has 20 heavy (non-hydrogen) atoms. The summed E-state index contributed by atoms with van der Waals surface area (Å²) in [6.45, 7) is 7.83. The molecule has 0 radical (unpaired) electrons. The van der Waals surface area contributed by atoms with Gasteiger partial charge < -0.3 is 4.90 Å². The fraction of sp³-hybridized carbons (Fsp3) is 0.294. The van der Waals surface area contributed by atoms with E-state index < -0.39 is 8.07 Å². The van der Waals surface area contributed by atoms with Crippen molar-refractivity contribution in [2.45, 2.75) is 26.2 Å². The zero-order chi connectivity index (χ0) is 14.8. The molecule has 0 aromatic heterocycles. The van der Waals surface area contributed by atoms with E-state index in [1.54, 1.807) is 12.1 Å². The maximum Gasteiger partial charge on any atom is 0.125 e. The first-order valence-electron chi connectivity index (χ1n) is 6.92. The zero-order valence-electron chi connectivity index (χ0n) is 12.7. The largest absolute Gasteiger partial charge is 0.370 e. The van der Waals surface area contributed by atoms with Gasteiger partial charge in [-0.1, -0.05) is 55.2 Å². The standard InChI is InChI=1S/C17H22FNSi/c1-19(16-7-5-6-15(18)12-16)13-14-8-10-17(11-9-14)20(2,3)4/h5-12H,13H2,1-4H3. The topological polar surface area (TPSA) is 3.24 Å². The summed E-state index contributed by atoms with van der Waals surface area (Å²) in [5.74, 6) is -0.191. The van der Waals surface area contributed by atoms with E-state index in [9.17, 15) is 4.39 Å². The van der Waals surface area contributed by atoms with Crippen LogP contribution in [-0.2, 0) is 6.54 Å². The summed E-state index contributed by atoms with van der Waals surface area (Å²) in [7, 11) is 0.757. The van der Waals surface area contributed by atoms with Crippen molar-refractivity contribution in [1.82, 2.24) is 0 Å². The maximum atomic E-state index is 13.2. The lowest BCUT2D eigenvalue weighted by Crippen LogP contribution is -2.37. The molecule has 2 aromatic carbocycles. The molecule has 0 saturated carbocycles. The van der Waals surface area contributed by atoms with Gasteiger partial charge in [0.1, 0.15) is 5.82 Å². The fourth-order valence-electron chi connectivity index (χ4n) is 2.19. The Morgan fingerprint density at radius 1 is 1.00 bits per heavy atom. The first-order valence-corrected chi connectivity index (χ1v) is 10.4. The van der Waals surface area contributed by atoms with Crippen LogP contribution in [0.1, 0.15) is 5.56 Å². The van der Waals surface area contributed by atoms with Crippen LogP contribution in [0, 0.1) is 5.82 Å². The van der Waals surface area contributed by atoms with Crippen molar-refractivity contribution >= 4 is 18.9 Å². The predicted octanol–water partition coefficient (Wildman–Crippen LogP) is 4.01. The molecule has 1 nitrogen and oxygen atoms in total. The SMILES string of the molecule is CN(Cc1ccc([Si](C)(C)C)cc1)c1cccc(F)c1. The summed E-state index contributed by atoms with van der Waals surface area (Å²) in [6.07, 6.45) is 0. The molecule has 3 heteroatoms. The third-order valence-electron chi connectivity index (χ3n) is 3.49. The van der Waals surface area contributed by atoms with E-state index in [0.29, 0.717) is 0 Å². The molecule has 106 valence electrons. The van der Waals surface area contributed by atoms with Gasteiger partial charge >= 0.3 is 0 Å². The average molecular weight is 287 g/mol. The van der Waals surface area contributed by atoms with E-state index in [1.807, 2.05) is 13.1 Å². The van der Waals surface area contributed by atoms with Crippen molar-refractivity contribution in [3.05, 3.63) is 59.9 Å². The number of rotatable bonds is 4. The van der Waals surface area contributed by atoms with Gasteiger partial charge in [0.25, 0.3) is 0 Å². The molecular formula is C17H22FNSi. The van der Waals surface area contributed by atoms with Gasteiger partial charge in [0, 0.05) is 19.3 Å². The molecule has 0 bridgehead atoms. The number of halogens is 1. The lowest BCUT2D eigenvalue weighted by molar-refractivity contribution is 0.627. The highest BCUT2D eigenvalue weighted by Gasteiger charge is 2.15. The Morgan fingerprint density at radius 2 is 1.65 bits per heavy atom. The van der Waals surface area contributed by atoms with Crippen LogP contribution in [0.5, 0.6) is 0 Å². The highest BCUT2D eigenvalue weighted by Crippen LogP contribution is 2.16. The van der Waals surface area contributed by atoms with E-state index in [0.717, 1.165) is 12.2 Å². The molecule has 2 aromatic rings. The smallest absolute Gasteiger partial charge is 0.125 e. The van der Waals surface area contributed by atoms with E-state index in [1.165, 1.54) is 16.8 Å². The summed E-state index contributed by atoms with van der Waals surface area (Å²) < 4.78 is 13.2. The Kier molecular flexibility index (Phi) is 4.28. The van der Waals surface area contributed by atoms with Crippen molar-refractivity contribution in [3.8, 4) is 0 Å². The summed E-state index contributed by atoms with van der Waals surface area (Å²) in [5, 5.41) is 1.47. The van der Waals surface area contributed by atoms with Crippen molar-refractivity contribution < 1.29 is 4.39 Å². The third-order valence-corrected chi connectivity index (χ3v) is 5.55. The summed E-state index contributed by atoms with van der Waals surface area (Å²) in [5.41, 5.74) is 2.15. The number of hydrogen-bond donors (Lipinski definition) is 0. The number of nitrogens with zero attached hydrogens (tertiary/aromatic N) is 1. The Balaban J connectivity index is 2.10. The molecule has 0 aliphatic heterocycles. The first kappa shape index (κ1) is 14.8. The number of hydrogen-bond acceptors (Lipinski definition) is 1. The lowest BCUT2D eigenvalue weighted by atomic mass is 10.2. The minimum absolute atomic E-state index is 0.191. The minimum Gasteiger partial charge on any atom is -0.370 e. The van der Waals surface area contributed by atoms with Gasteiger partial charge in [-0.15, -0.1) is 0 Å². The maximum absolute atomic E-state index is 13.2. The van der Waals surface area contributed by atoms with Crippen molar-refractivity contribution in [2.75, 3.05) is 11.9 Å². The molecule has 0 aliphatic rings. The molecule has 0 spiro atoms. The molecule has 2 rings (SSSR count). The molecule has 0 atom stereocenters. The van der Waals surface area contributed by atoms with Crippen LogP contribution in [0.4, 0.5) is 10.1 Å². The summed E-state index contributed by atoms with van der Waals surface area (Å²) >= 11 is 0. The van der Waals surface area contributed by atoms with Crippen LogP contribution in [0.15, 0.2) is 48.5 Å². The van der Waals surface area contributed by atoms with Gasteiger partial charge in [0.15, 0.2) is 0 Å². The van der Waals surface area contributed by atoms with Crippen molar-refractivity contribution in [1.29, 1.82) is 0 Å². The lowest BCUT2D eigenvalue weighted by Gasteiger charge is -2.21. The molecule has 0 aliphatic carbocycles. The van der Waals surface area contributed by atoms with Crippen LogP contribution in [-0.4, -0.2) is 15.1 Å². The van der Waals surface area contributed by atoms with Crippen molar-refractivity contribution in [2.24, 2.45) is 0 Å². The van der Waals surface area contributed by atoms with Gasteiger partial charge in [0.2, 0.25) is 0 Å². The zero-order valence-corrected chi connectivity index (χ0v) is 13.7. The molecule has 0 saturated heterocycles. The number of benzene rings is 2. The van der Waals surface area contributed by atoms with Gasteiger partial charge in [-0.05, 0) is 23.8 Å². The molecule has 0 fully saturated rings. The van der Waals surface area contributed by atoms with Crippen LogP contribution < -0.4 is 10.1 Å². The Hall–Kier alpha value is -1.61. The molecule has 0 N–H and O–H groups in total. The second-order valence-corrected chi connectivity index (χ2v) is 11.4. The van der Waals surface area contributed by atoms with Gasteiger partial charge in [-0.3, -0.25) is 0 Å². The highest BCUT2D eigenvalue weighted by molar-refractivity contribution is 6.88. The van der Waals surface area contributed by atoms with Crippen LogP contribution in [0.3, 0.4) is 0 Å². The van der Waals surface area contributed by atoms with Crippen molar-refractivity contribution in [3.63, 3.8) is 0 Å². The monoisotopic (exact) mass is 287 g/mol. The summed E-state index contributed by atoms with van der Waals surface area (Å²) in [4.78, 5) is 2.06. The quantitative estimate of drug-likeness (QED) is 0.768. The van der Waals surface area contributed by atoms with Crippen LogP contribution in [0.25, 0.3) is 0 Å². The average Bonchev–Trinajstić information content (AvgIpc) is 2.38. The third kappa shape index (κ3) is 3.70. The molecule has 0 heterocycles. The predicted molar refractivity (Wildman–Crippen MR) is 87.9 cm³/mol. The summed E-state index contributed by atoms with van der Waals surface area (Å²) in [6, 6.07) is 15.6. The second-order valence-electron chi connectivity index (χ2n) is 6.28. The van der Waals surface area contributed by atoms with E-state index in [-0.39, 0.29) is 5.82 Å². The first-order chi connectivity index (χ1) is 9.36. The number of anilines is 1. The Morgan fingerprint density at radius 3 is 2.20 bits per heavy atom. The van der Waals surface area contributed by atoms with Gasteiger partial charge in [-0.2, -0.15) is 0 Å². The normalized spacial score (nSPS) is 11.4. The van der Waals surface area contributed by atoms with Gasteiger partial charge in [-0.25, -0.2) is 4.39 Å². The molecular weight excluding hydrogens is 265 g/mol. The fourth-order valence-corrected chi connectivity index (χ4v) is 3.36. The molecule has 0 unspecified atom stereocenters. The van der Waals surface area contributed by atoms with Gasteiger partial charge in [0.05, 0.1) is 8.07 Å². The van der Waals surface area contributed by atoms with E-state index in [2.05, 4.69) is 48.8 Å². The van der Waals surface area contributed by atoms with E-state index in [4.69, 9.17) is 0 Å². The second kappa shape index (κ2) is 5.79. The van der Waals surface area contributed by atoms with Crippen LogP contribution in [0.2, 0.25) is 19.6 Å². The molecule has 0 amide bonds. The minimum atomic E-state index is -1.23. The highest BCUT2D eigenvalue weighted by atomic mass is 28.3. The van der Waals surface area contributed by atoms with E-state index >= 15 is 0 Å². The van der Waals surface area contributed by atoms with Crippen LogP contribution >= 0.6 is 0 Å². The Labute approximate surface area is 122 Å². The Bertz CT molecular complexity index is 572.